The van der Waals surface area contributed by atoms with Gasteiger partial charge in [0.2, 0.25) is 0 Å². The highest BCUT2D eigenvalue weighted by atomic mass is 79.9. The van der Waals surface area contributed by atoms with Crippen molar-refractivity contribution >= 4 is 33.2 Å². The van der Waals surface area contributed by atoms with Gasteiger partial charge in [0.15, 0.2) is 0 Å². The van der Waals surface area contributed by atoms with Gasteiger partial charge in [-0.2, -0.15) is 0 Å². The molecule has 1 heterocycles. The molecule has 1 amide bonds. The first kappa shape index (κ1) is 12.5. The molecule has 0 saturated heterocycles. The quantitative estimate of drug-likeness (QED) is 0.838. The molecule has 0 aliphatic heterocycles. The number of para-hydroxylation sites is 1. The lowest BCUT2D eigenvalue weighted by atomic mass is 10.2. The van der Waals surface area contributed by atoms with E-state index in [9.17, 15) is 9.18 Å². The van der Waals surface area contributed by atoms with Crippen LogP contribution < -0.4 is 11.1 Å². The minimum absolute atomic E-state index is 0.0350. The fraction of sp³-hybridized carbons (Fsp3) is 0. The molecule has 2 rings (SSSR count). The summed E-state index contributed by atoms with van der Waals surface area (Å²) in [5, 5.41) is 2.40. The number of nitrogens with zero attached hydrogens (tertiary/aromatic N) is 1. The number of pyridine rings is 1. The molecule has 1 aromatic heterocycles. The van der Waals surface area contributed by atoms with Gasteiger partial charge in [0, 0.05) is 10.7 Å². The van der Waals surface area contributed by atoms with E-state index in [-0.39, 0.29) is 17.1 Å². The van der Waals surface area contributed by atoms with Gasteiger partial charge in [-0.05, 0) is 40.2 Å². The fourth-order valence-corrected chi connectivity index (χ4v) is 1.59. The maximum Gasteiger partial charge on any atom is 0.274 e. The standard InChI is InChI=1S/C12H9BrFN3O/c13-7-4-5-10(16-6-7)12(18)17-11-8(14)2-1-3-9(11)15/h1-6H,15H2,(H,17,18). The van der Waals surface area contributed by atoms with Crippen molar-refractivity contribution in [2.75, 3.05) is 11.1 Å². The van der Waals surface area contributed by atoms with E-state index < -0.39 is 11.7 Å². The highest BCUT2D eigenvalue weighted by molar-refractivity contribution is 9.10. The predicted molar refractivity (Wildman–Crippen MR) is 70.7 cm³/mol. The molecule has 0 fully saturated rings. The lowest BCUT2D eigenvalue weighted by Gasteiger charge is -2.08. The summed E-state index contributed by atoms with van der Waals surface area (Å²) >= 11 is 3.21. The van der Waals surface area contributed by atoms with E-state index in [4.69, 9.17) is 5.73 Å². The van der Waals surface area contributed by atoms with Crippen LogP contribution in [0.5, 0.6) is 0 Å². The molecule has 6 heteroatoms. The van der Waals surface area contributed by atoms with Crippen LogP contribution in [0.3, 0.4) is 0 Å². The number of hydrogen-bond donors (Lipinski definition) is 2. The number of halogens is 2. The minimum atomic E-state index is -0.583. The number of carbonyl (C=O) groups excluding carboxylic acids is 1. The zero-order chi connectivity index (χ0) is 13.1. The summed E-state index contributed by atoms with van der Waals surface area (Å²) in [6, 6.07) is 7.40. The van der Waals surface area contributed by atoms with Crippen molar-refractivity contribution in [1.82, 2.24) is 4.98 Å². The second-order valence-corrected chi connectivity index (χ2v) is 4.44. The van der Waals surface area contributed by atoms with Crippen molar-refractivity contribution in [3.8, 4) is 0 Å². The first-order chi connectivity index (χ1) is 8.58. The molecule has 92 valence electrons. The average molecular weight is 310 g/mol. The number of nitrogens with two attached hydrogens (primary N) is 1. The summed E-state index contributed by atoms with van der Waals surface area (Å²) < 4.78 is 14.2. The van der Waals surface area contributed by atoms with Crippen molar-refractivity contribution in [3.63, 3.8) is 0 Å². The number of aromatic nitrogens is 1. The third-order valence-electron chi connectivity index (χ3n) is 2.24. The highest BCUT2D eigenvalue weighted by Crippen LogP contribution is 2.22. The van der Waals surface area contributed by atoms with Crippen molar-refractivity contribution < 1.29 is 9.18 Å². The Balaban J connectivity index is 2.24. The second kappa shape index (κ2) is 5.14. The number of nitrogen functional groups attached to an aromatic ring is 1. The topological polar surface area (TPSA) is 68.0 Å². The molecular formula is C12H9BrFN3O. The van der Waals surface area contributed by atoms with Crippen LogP contribution in [0.1, 0.15) is 10.5 Å². The van der Waals surface area contributed by atoms with Crippen LogP contribution in [0.4, 0.5) is 15.8 Å². The van der Waals surface area contributed by atoms with Gasteiger partial charge >= 0.3 is 0 Å². The molecule has 0 saturated carbocycles. The molecular weight excluding hydrogens is 301 g/mol. The highest BCUT2D eigenvalue weighted by Gasteiger charge is 2.12. The molecule has 0 spiro atoms. The maximum absolute atomic E-state index is 13.5. The summed E-state index contributed by atoms with van der Waals surface area (Å²) in [4.78, 5) is 15.7. The van der Waals surface area contributed by atoms with Crippen LogP contribution in [0.2, 0.25) is 0 Å². The SMILES string of the molecule is Nc1cccc(F)c1NC(=O)c1ccc(Br)cn1. The molecule has 1 aromatic carbocycles. The molecule has 2 aromatic rings. The number of carbonyl (C=O) groups is 1. The van der Waals surface area contributed by atoms with Gasteiger partial charge < -0.3 is 11.1 Å². The Labute approximate surface area is 111 Å². The van der Waals surface area contributed by atoms with Gasteiger partial charge in [0.25, 0.3) is 5.91 Å². The molecule has 0 atom stereocenters. The number of anilines is 2. The van der Waals surface area contributed by atoms with Crippen LogP contribution in [0, 0.1) is 5.82 Å². The molecule has 0 bridgehead atoms. The van der Waals surface area contributed by atoms with E-state index in [0.29, 0.717) is 0 Å². The lowest BCUT2D eigenvalue weighted by Crippen LogP contribution is -2.15. The molecule has 18 heavy (non-hydrogen) atoms. The Morgan fingerprint density at radius 3 is 2.72 bits per heavy atom. The van der Waals surface area contributed by atoms with E-state index in [1.54, 1.807) is 6.07 Å². The normalized spacial score (nSPS) is 10.1. The summed E-state index contributed by atoms with van der Waals surface area (Å²) in [5.41, 5.74) is 5.90. The second-order valence-electron chi connectivity index (χ2n) is 3.52. The maximum atomic E-state index is 13.5. The van der Waals surface area contributed by atoms with E-state index in [1.807, 2.05) is 0 Å². The summed E-state index contributed by atoms with van der Waals surface area (Å²) in [7, 11) is 0. The molecule has 3 N–H and O–H groups in total. The van der Waals surface area contributed by atoms with E-state index in [0.717, 1.165) is 4.47 Å². The van der Waals surface area contributed by atoms with Crippen molar-refractivity contribution in [2.24, 2.45) is 0 Å². The Morgan fingerprint density at radius 1 is 1.33 bits per heavy atom. The van der Waals surface area contributed by atoms with Crippen LogP contribution in [-0.2, 0) is 0 Å². The van der Waals surface area contributed by atoms with Crippen LogP contribution in [-0.4, -0.2) is 10.9 Å². The predicted octanol–water partition coefficient (Wildman–Crippen LogP) is 2.82. The van der Waals surface area contributed by atoms with Crippen LogP contribution in [0.15, 0.2) is 41.0 Å². The molecule has 4 nitrogen and oxygen atoms in total. The van der Waals surface area contributed by atoms with Gasteiger partial charge in [-0.3, -0.25) is 4.79 Å². The molecule has 0 aliphatic carbocycles. The Bertz CT molecular complexity index is 566. The van der Waals surface area contributed by atoms with Gasteiger partial charge in [-0.1, -0.05) is 6.07 Å². The van der Waals surface area contributed by atoms with Gasteiger partial charge in [0.05, 0.1) is 5.69 Å². The zero-order valence-electron chi connectivity index (χ0n) is 9.15. The van der Waals surface area contributed by atoms with Gasteiger partial charge in [-0.15, -0.1) is 0 Å². The zero-order valence-corrected chi connectivity index (χ0v) is 10.7. The average Bonchev–Trinajstić information content (AvgIpc) is 2.34. The Kier molecular flexibility index (Phi) is 3.57. The number of rotatable bonds is 2. The summed E-state index contributed by atoms with van der Waals surface area (Å²) in [6.07, 6.45) is 1.49. The minimum Gasteiger partial charge on any atom is -0.397 e. The largest absolute Gasteiger partial charge is 0.397 e. The first-order valence-electron chi connectivity index (χ1n) is 5.05. The smallest absolute Gasteiger partial charge is 0.274 e. The van der Waals surface area contributed by atoms with Crippen LogP contribution >= 0.6 is 15.9 Å². The first-order valence-corrected chi connectivity index (χ1v) is 5.84. The molecule has 0 radical (unpaired) electrons. The van der Waals surface area contributed by atoms with Gasteiger partial charge in [-0.25, -0.2) is 9.37 Å². The van der Waals surface area contributed by atoms with Crippen molar-refractivity contribution in [3.05, 3.63) is 52.5 Å². The summed E-state index contributed by atoms with van der Waals surface area (Å²) in [6.45, 7) is 0. The number of nitrogens with one attached hydrogen (secondary N) is 1. The van der Waals surface area contributed by atoms with Crippen LogP contribution in [0.25, 0.3) is 0 Å². The van der Waals surface area contributed by atoms with Crippen molar-refractivity contribution in [1.29, 1.82) is 0 Å². The van der Waals surface area contributed by atoms with Crippen molar-refractivity contribution in [2.45, 2.75) is 0 Å². The van der Waals surface area contributed by atoms with E-state index in [1.165, 1.54) is 30.5 Å². The summed E-state index contributed by atoms with van der Waals surface area (Å²) in [5.74, 6) is -1.10. The Hall–Kier alpha value is -1.95. The number of benzene rings is 1. The molecule has 0 aliphatic rings. The fourth-order valence-electron chi connectivity index (χ4n) is 1.36. The monoisotopic (exact) mass is 309 g/mol. The third-order valence-corrected chi connectivity index (χ3v) is 2.71. The lowest BCUT2D eigenvalue weighted by molar-refractivity contribution is 0.102. The van der Waals surface area contributed by atoms with E-state index >= 15 is 0 Å². The third kappa shape index (κ3) is 2.65. The number of amides is 1. The molecule has 0 unspecified atom stereocenters. The van der Waals surface area contributed by atoms with Gasteiger partial charge in [0.1, 0.15) is 17.2 Å². The number of hydrogen-bond acceptors (Lipinski definition) is 3. The van der Waals surface area contributed by atoms with E-state index in [2.05, 4.69) is 26.2 Å². The Morgan fingerprint density at radius 2 is 2.11 bits per heavy atom.